The van der Waals surface area contributed by atoms with Crippen molar-refractivity contribution >= 4 is 0 Å². The van der Waals surface area contributed by atoms with Crippen molar-refractivity contribution in [2.24, 2.45) is 5.92 Å². The Balaban J connectivity index is 2.08. The van der Waals surface area contributed by atoms with E-state index in [0.717, 1.165) is 38.4 Å². The minimum atomic E-state index is 0.329. The molecular weight excluding hydrogens is 214 g/mol. The minimum Gasteiger partial charge on any atom is -0.468 e. The van der Waals surface area contributed by atoms with Crippen LogP contribution in [0.25, 0.3) is 0 Å². The summed E-state index contributed by atoms with van der Waals surface area (Å²) in [7, 11) is 0. The average Bonchev–Trinajstić information content (AvgIpc) is 2.81. The second-order valence-corrected chi connectivity index (χ2v) is 4.75. The molecule has 1 rings (SSSR count). The molecule has 3 nitrogen and oxygen atoms in total. The van der Waals surface area contributed by atoms with Gasteiger partial charge in [-0.15, -0.1) is 0 Å². The molecule has 0 aliphatic carbocycles. The van der Waals surface area contributed by atoms with Gasteiger partial charge in [0.25, 0.3) is 0 Å². The standard InChI is InChI=1S/C14H25NO2/c1-4-13(14-7-5-10-17-14)15-8-6-9-16-11-12(2)3/h5,7,10,12-13,15H,4,6,8-9,11H2,1-3H3. The minimum absolute atomic E-state index is 0.329. The van der Waals surface area contributed by atoms with E-state index in [9.17, 15) is 0 Å². The predicted octanol–water partition coefficient (Wildman–Crippen LogP) is 3.38. The molecule has 0 radical (unpaired) electrons. The molecule has 0 saturated heterocycles. The van der Waals surface area contributed by atoms with Crippen LogP contribution in [-0.2, 0) is 4.74 Å². The number of furan rings is 1. The van der Waals surface area contributed by atoms with E-state index in [2.05, 4.69) is 26.1 Å². The third kappa shape index (κ3) is 5.89. The van der Waals surface area contributed by atoms with E-state index < -0.39 is 0 Å². The summed E-state index contributed by atoms with van der Waals surface area (Å²) in [6, 6.07) is 4.29. The first-order valence-electron chi connectivity index (χ1n) is 6.58. The van der Waals surface area contributed by atoms with E-state index in [4.69, 9.17) is 9.15 Å². The summed E-state index contributed by atoms with van der Waals surface area (Å²) in [4.78, 5) is 0. The van der Waals surface area contributed by atoms with Crippen LogP contribution in [0.5, 0.6) is 0 Å². The van der Waals surface area contributed by atoms with Crippen LogP contribution in [0.15, 0.2) is 22.8 Å². The Bertz CT molecular complexity index is 270. The van der Waals surface area contributed by atoms with Crippen molar-refractivity contribution in [2.75, 3.05) is 19.8 Å². The maximum Gasteiger partial charge on any atom is 0.120 e. The molecule has 0 aliphatic rings. The normalized spacial score (nSPS) is 13.2. The van der Waals surface area contributed by atoms with Crippen LogP contribution >= 0.6 is 0 Å². The molecule has 0 amide bonds. The van der Waals surface area contributed by atoms with Gasteiger partial charge in [-0.25, -0.2) is 0 Å². The topological polar surface area (TPSA) is 34.4 Å². The highest BCUT2D eigenvalue weighted by Crippen LogP contribution is 2.16. The molecule has 1 N–H and O–H groups in total. The Morgan fingerprint density at radius 3 is 2.82 bits per heavy atom. The van der Waals surface area contributed by atoms with Gasteiger partial charge >= 0.3 is 0 Å². The SMILES string of the molecule is CCC(NCCCOCC(C)C)c1ccco1. The highest BCUT2D eigenvalue weighted by atomic mass is 16.5. The van der Waals surface area contributed by atoms with Crippen molar-refractivity contribution in [3.8, 4) is 0 Å². The number of hydrogen-bond donors (Lipinski definition) is 1. The largest absolute Gasteiger partial charge is 0.468 e. The Morgan fingerprint density at radius 2 is 2.24 bits per heavy atom. The molecule has 1 unspecified atom stereocenters. The lowest BCUT2D eigenvalue weighted by molar-refractivity contribution is 0.107. The van der Waals surface area contributed by atoms with Crippen LogP contribution in [0.1, 0.15) is 45.4 Å². The molecule has 0 bridgehead atoms. The van der Waals surface area contributed by atoms with Crippen molar-refractivity contribution in [1.82, 2.24) is 5.32 Å². The van der Waals surface area contributed by atoms with E-state index >= 15 is 0 Å². The smallest absolute Gasteiger partial charge is 0.120 e. The first kappa shape index (κ1) is 14.3. The van der Waals surface area contributed by atoms with Crippen molar-refractivity contribution in [3.05, 3.63) is 24.2 Å². The van der Waals surface area contributed by atoms with Crippen molar-refractivity contribution in [3.63, 3.8) is 0 Å². The second-order valence-electron chi connectivity index (χ2n) is 4.75. The number of hydrogen-bond acceptors (Lipinski definition) is 3. The summed E-state index contributed by atoms with van der Waals surface area (Å²) in [5, 5.41) is 3.49. The molecule has 98 valence electrons. The number of nitrogens with one attached hydrogen (secondary N) is 1. The van der Waals surface area contributed by atoms with Crippen molar-refractivity contribution in [2.45, 2.75) is 39.7 Å². The fourth-order valence-electron chi connectivity index (χ4n) is 1.71. The maximum atomic E-state index is 5.54. The zero-order valence-corrected chi connectivity index (χ0v) is 11.2. The number of rotatable bonds is 9. The molecule has 1 aromatic heterocycles. The van der Waals surface area contributed by atoms with Crippen LogP contribution in [0, 0.1) is 5.92 Å². The molecule has 1 atom stereocenters. The predicted molar refractivity (Wildman–Crippen MR) is 70.0 cm³/mol. The van der Waals surface area contributed by atoms with Gasteiger partial charge in [0.15, 0.2) is 0 Å². The fraction of sp³-hybridized carbons (Fsp3) is 0.714. The zero-order valence-electron chi connectivity index (χ0n) is 11.2. The van der Waals surface area contributed by atoms with Gasteiger partial charge in [-0.05, 0) is 37.4 Å². The fourth-order valence-corrected chi connectivity index (χ4v) is 1.71. The first-order chi connectivity index (χ1) is 8.24. The molecule has 0 aromatic carbocycles. The molecule has 0 aliphatic heterocycles. The molecule has 0 fully saturated rings. The third-order valence-electron chi connectivity index (χ3n) is 2.60. The van der Waals surface area contributed by atoms with Gasteiger partial charge in [0, 0.05) is 13.2 Å². The van der Waals surface area contributed by atoms with Crippen molar-refractivity contribution in [1.29, 1.82) is 0 Å². The lowest BCUT2D eigenvalue weighted by Gasteiger charge is -2.14. The van der Waals surface area contributed by atoms with Gasteiger partial charge in [-0.2, -0.15) is 0 Å². The van der Waals surface area contributed by atoms with E-state index in [1.165, 1.54) is 0 Å². The van der Waals surface area contributed by atoms with Gasteiger partial charge in [0.05, 0.1) is 12.3 Å². The number of ether oxygens (including phenoxy) is 1. The Kier molecular flexibility index (Phi) is 6.97. The second kappa shape index (κ2) is 8.31. The van der Waals surface area contributed by atoms with Gasteiger partial charge in [-0.3, -0.25) is 0 Å². The van der Waals surface area contributed by atoms with Gasteiger partial charge in [-0.1, -0.05) is 20.8 Å². The Hall–Kier alpha value is -0.800. The van der Waals surface area contributed by atoms with Crippen LogP contribution in [0.3, 0.4) is 0 Å². The van der Waals surface area contributed by atoms with Crippen molar-refractivity contribution < 1.29 is 9.15 Å². The summed E-state index contributed by atoms with van der Waals surface area (Å²) in [5.74, 6) is 1.64. The molecule has 1 aromatic rings. The summed E-state index contributed by atoms with van der Waals surface area (Å²) >= 11 is 0. The van der Waals surface area contributed by atoms with E-state index in [-0.39, 0.29) is 0 Å². The molecular formula is C14H25NO2. The van der Waals surface area contributed by atoms with E-state index in [0.29, 0.717) is 12.0 Å². The summed E-state index contributed by atoms with van der Waals surface area (Å²) < 4.78 is 10.9. The Morgan fingerprint density at radius 1 is 1.41 bits per heavy atom. The molecule has 1 heterocycles. The van der Waals surface area contributed by atoms with Crippen LogP contribution in [0.4, 0.5) is 0 Å². The molecule has 3 heteroatoms. The van der Waals surface area contributed by atoms with Gasteiger partial charge in [0.1, 0.15) is 5.76 Å². The molecule has 0 spiro atoms. The van der Waals surface area contributed by atoms with Crippen LogP contribution < -0.4 is 5.32 Å². The monoisotopic (exact) mass is 239 g/mol. The average molecular weight is 239 g/mol. The highest BCUT2D eigenvalue weighted by molar-refractivity contribution is 5.03. The quantitative estimate of drug-likeness (QED) is 0.671. The first-order valence-corrected chi connectivity index (χ1v) is 6.58. The van der Waals surface area contributed by atoms with Crippen LogP contribution in [-0.4, -0.2) is 19.8 Å². The van der Waals surface area contributed by atoms with Crippen LogP contribution in [0.2, 0.25) is 0 Å². The maximum absolute atomic E-state index is 5.54. The van der Waals surface area contributed by atoms with Gasteiger partial charge < -0.3 is 14.5 Å². The lowest BCUT2D eigenvalue weighted by atomic mass is 10.1. The highest BCUT2D eigenvalue weighted by Gasteiger charge is 2.10. The molecule has 0 saturated carbocycles. The van der Waals surface area contributed by atoms with E-state index in [1.54, 1.807) is 6.26 Å². The lowest BCUT2D eigenvalue weighted by Crippen LogP contribution is -2.22. The summed E-state index contributed by atoms with van der Waals surface area (Å²) in [5.41, 5.74) is 0. The third-order valence-corrected chi connectivity index (χ3v) is 2.60. The van der Waals surface area contributed by atoms with E-state index in [1.807, 2.05) is 12.1 Å². The zero-order chi connectivity index (χ0) is 12.5. The Labute approximate surface area is 105 Å². The molecule has 17 heavy (non-hydrogen) atoms. The summed E-state index contributed by atoms with van der Waals surface area (Å²) in [6.45, 7) is 9.16. The van der Waals surface area contributed by atoms with Gasteiger partial charge in [0.2, 0.25) is 0 Å². The summed E-state index contributed by atoms with van der Waals surface area (Å²) in [6.07, 6.45) is 3.82.